The van der Waals surface area contributed by atoms with E-state index in [1.807, 2.05) is 0 Å². The zero-order valence-corrected chi connectivity index (χ0v) is 11.4. The number of nitrogens with two attached hydrogens (primary N) is 1. The summed E-state index contributed by atoms with van der Waals surface area (Å²) in [4.78, 5) is 0. The van der Waals surface area contributed by atoms with Crippen LogP contribution in [0.15, 0.2) is 0 Å². The van der Waals surface area contributed by atoms with Crippen LogP contribution in [0.4, 0.5) is 0 Å². The molecule has 0 radical (unpaired) electrons. The van der Waals surface area contributed by atoms with Crippen LogP contribution in [0, 0.1) is 0 Å². The second kappa shape index (κ2) is 6.12. The van der Waals surface area contributed by atoms with E-state index < -0.39 is 25.1 Å². The maximum absolute atomic E-state index is 11.8. The van der Waals surface area contributed by atoms with Gasteiger partial charge in [-0.15, -0.1) is 0 Å². The van der Waals surface area contributed by atoms with Gasteiger partial charge in [0.1, 0.15) is 9.84 Å². The zero-order valence-electron chi connectivity index (χ0n) is 9.76. The lowest BCUT2D eigenvalue weighted by Crippen LogP contribution is -2.40. The number of nitrogens with one attached hydrogen (secondary N) is 1. The molecule has 0 saturated carbocycles. The number of hydrogen-bond donors (Lipinski definition) is 2. The molecule has 1 heterocycles. The van der Waals surface area contributed by atoms with Crippen LogP contribution in [-0.4, -0.2) is 46.7 Å². The van der Waals surface area contributed by atoms with Crippen LogP contribution in [0.3, 0.4) is 0 Å². The summed E-state index contributed by atoms with van der Waals surface area (Å²) in [5.41, 5.74) is 5.31. The molecular weight excluding hydrogens is 264 g/mol. The van der Waals surface area contributed by atoms with E-state index in [0.29, 0.717) is 19.5 Å². The van der Waals surface area contributed by atoms with Crippen molar-refractivity contribution in [3.05, 3.63) is 0 Å². The number of unbranched alkanes of at least 4 members (excludes halogenated alkanes) is 1. The van der Waals surface area contributed by atoms with Crippen LogP contribution in [0.2, 0.25) is 0 Å². The summed E-state index contributed by atoms with van der Waals surface area (Å²) in [6, 6.07) is 0. The Bertz CT molecular complexity index is 416. The van der Waals surface area contributed by atoms with Gasteiger partial charge in [-0.05, 0) is 32.2 Å². The molecule has 1 aliphatic heterocycles. The van der Waals surface area contributed by atoms with Gasteiger partial charge in [0.25, 0.3) is 0 Å². The Balaban J connectivity index is 2.43. The van der Waals surface area contributed by atoms with Crippen molar-refractivity contribution in [1.82, 2.24) is 4.72 Å². The third-order valence-corrected chi connectivity index (χ3v) is 6.55. The van der Waals surface area contributed by atoms with Crippen molar-refractivity contribution in [2.24, 2.45) is 5.73 Å². The van der Waals surface area contributed by atoms with Crippen LogP contribution in [0.5, 0.6) is 0 Å². The predicted molar refractivity (Wildman–Crippen MR) is 66.9 cm³/mol. The Kier molecular flexibility index (Phi) is 5.36. The topological polar surface area (TPSA) is 106 Å². The molecule has 3 N–H and O–H groups in total. The van der Waals surface area contributed by atoms with Crippen molar-refractivity contribution in [2.45, 2.75) is 30.9 Å². The number of rotatable bonds is 6. The number of sulfone groups is 1. The van der Waals surface area contributed by atoms with E-state index in [2.05, 4.69) is 4.72 Å². The van der Waals surface area contributed by atoms with Gasteiger partial charge in [-0.1, -0.05) is 0 Å². The molecule has 6 nitrogen and oxygen atoms in total. The largest absolute Gasteiger partial charge is 0.330 e. The molecule has 1 fully saturated rings. The first-order valence-corrected chi connectivity index (χ1v) is 9.13. The van der Waals surface area contributed by atoms with Crippen molar-refractivity contribution >= 4 is 19.9 Å². The van der Waals surface area contributed by atoms with Crippen LogP contribution in [-0.2, 0) is 19.9 Å². The summed E-state index contributed by atoms with van der Waals surface area (Å²) in [5, 5.41) is -0.566. The maximum Gasteiger partial charge on any atom is 0.214 e. The monoisotopic (exact) mass is 284 g/mol. The van der Waals surface area contributed by atoms with Gasteiger partial charge in [-0.3, -0.25) is 0 Å². The third kappa shape index (κ3) is 4.90. The SMILES string of the molecule is NCCCCNS(=O)(=O)C1CCS(=O)(=O)CC1. The average Bonchev–Trinajstić information content (AvgIpc) is 2.24. The molecule has 0 aromatic carbocycles. The third-order valence-electron chi connectivity index (χ3n) is 2.87. The standard InChI is InChI=1S/C9H20N2O4S2/c10-5-1-2-6-11-17(14,15)9-3-7-16(12,13)8-4-9/h9,11H,1-8,10H2. The molecule has 8 heteroatoms. The maximum atomic E-state index is 11.8. The molecule has 0 aromatic rings. The highest BCUT2D eigenvalue weighted by molar-refractivity contribution is 7.92. The van der Waals surface area contributed by atoms with Gasteiger partial charge in [-0.25, -0.2) is 21.6 Å². The van der Waals surface area contributed by atoms with Gasteiger partial charge in [0.15, 0.2) is 0 Å². The van der Waals surface area contributed by atoms with Crippen molar-refractivity contribution in [2.75, 3.05) is 24.6 Å². The van der Waals surface area contributed by atoms with Crippen molar-refractivity contribution < 1.29 is 16.8 Å². The van der Waals surface area contributed by atoms with E-state index in [9.17, 15) is 16.8 Å². The summed E-state index contributed by atoms with van der Waals surface area (Å²) in [6.45, 7) is 0.923. The molecule has 1 aliphatic rings. The molecule has 1 saturated heterocycles. The van der Waals surface area contributed by atoms with Gasteiger partial charge in [0.05, 0.1) is 16.8 Å². The fourth-order valence-electron chi connectivity index (χ4n) is 1.78. The fourth-order valence-corrected chi connectivity index (χ4v) is 5.09. The summed E-state index contributed by atoms with van der Waals surface area (Å²) in [7, 11) is -6.38. The average molecular weight is 284 g/mol. The van der Waals surface area contributed by atoms with E-state index in [-0.39, 0.29) is 24.3 Å². The van der Waals surface area contributed by atoms with Gasteiger partial charge in [0, 0.05) is 6.54 Å². The quantitative estimate of drug-likeness (QED) is 0.622. The van der Waals surface area contributed by atoms with E-state index in [1.165, 1.54) is 0 Å². The first-order valence-electron chi connectivity index (χ1n) is 5.76. The smallest absolute Gasteiger partial charge is 0.214 e. The van der Waals surface area contributed by atoms with Crippen LogP contribution in [0.25, 0.3) is 0 Å². The molecule has 0 atom stereocenters. The molecule has 17 heavy (non-hydrogen) atoms. The number of hydrogen-bond acceptors (Lipinski definition) is 5. The number of sulfonamides is 1. The second-order valence-electron chi connectivity index (χ2n) is 4.29. The molecule has 0 aromatic heterocycles. The van der Waals surface area contributed by atoms with E-state index in [1.54, 1.807) is 0 Å². The minimum absolute atomic E-state index is 0.0264. The summed E-state index contributed by atoms with van der Waals surface area (Å²) < 4.78 is 48.5. The van der Waals surface area contributed by atoms with Crippen molar-refractivity contribution in [1.29, 1.82) is 0 Å². The Hall–Kier alpha value is -0.180. The molecule has 102 valence electrons. The lowest BCUT2D eigenvalue weighted by atomic mass is 10.2. The first-order chi connectivity index (χ1) is 7.87. The van der Waals surface area contributed by atoms with Crippen molar-refractivity contribution in [3.8, 4) is 0 Å². The van der Waals surface area contributed by atoms with Gasteiger partial charge in [0.2, 0.25) is 10.0 Å². The Morgan fingerprint density at radius 1 is 1.18 bits per heavy atom. The molecule has 0 spiro atoms. The Morgan fingerprint density at radius 2 is 1.76 bits per heavy atom. The lowest BCUT2D eigenvalue weighted by Gasteiger charge is -2.22. The van der Waals surface area contributed by atoms with E-state index in [4.69, 9.17) is 5.73 Å². The minimum atomic E-state index is -3.37. The molecule has 0 amide bonds. The van der Waals surface area contributed by atoms with Crippen molar-refractivity contribution in [3.63, 3.8) is 0 Å². The van der Waals surface area contributed by atoms with Crippen LogP contribution >= 0.6 is 0 Å². The summed E-state index contributed by atoms with van der Waals surface area (Å²) >= 11 is 0. The highest BCUT2D eigenvalue weighted by Crippen LogP contribution is 2.18. The minimum Gasteiger partial charge on any atom is -0.330 e. The second-order valence-corrected chi connectivity index (χ2v) is 8.64. The molecule has 0 unspecified atom stereocenters. The van der Waals surface area contributed by atoms with Gasteiger partial charge < -0.3 is 5.73 Å². The normalized spacial score (nSPS) is 21.5. The molecule has 1 rings (SSSR count). The van der Waals surface area contributed by atoms with Crippen LogP contribution < -0.4 is 10.5 Å². The van der Waals surface area contributed by atoms with Crippen LogP contribution in [0.1, 0.15) is 25.7 Å². The van der Waals surface area contributed by atoms with Gasteiger partial charge >= 0.3 is 0 Å². The summed E-state index contributed by atoms with van der Waals surface area (Å²) in [6.07, 6.45) is 1.89. The molecule has 0 bridgehead atoms. The first kappa shape index (κ1) is 14.9. The fraction of sp³-hybridized carbons (Fsp3) is 1.00. The molecular formula is C9H20N2O4S2. The molecule has 0 aliphatic carbocycles. The van der Waals surface area contributed by atoms with E-state index in [0.717, 1.165) is 6.42 Å². The lowest BCUT2D eigenvalue weighted by molar-refractivity contribution is 0.540. The summed E-state index contributed by atoms with van der Waals surface area (Å²) in [5.74, 6) is -0.0528. The highest BCUT2D eigenvalue weighted by Gasteiger charge is 2.32. The predicted octanol–water partition coefficient (Wildman–Crippen LogP) is -0.778. The van der Waals surface area contributed by atoms with E-state index >= 15 is 0 Å². The Labute approximate surface area is 103 Å². The zero-order chi connectivity index (χ0) is 12.9. The Morgan fingerprint density at radius 3 is 2.29 bits per heavy atom. The highest BCUT2D eigenvalue weighted by atomic mass is 32.2. The van der Waals surface area contributed by atoms with Gasteiger partial charge in [-0.2, -0.15) is 0 Å².